The second-order valence-corrected chi connectivity index (χ2v) is 8.16. The maximum absolute atomic E-state index is 13.1. The molecule has 0 aliphatic carbocycles. The maximum atomic E-state index is 13.1. The Morgan fingerprint density at radius 2 is 1.79 bits per heavy atom. The molecular weight excluding hydrogens is 427 g/mol. The zero-order chi connectivity index (χ0) is 23.7. The van der Waals surface area contributed by atoms with Gasteiger partial charge in [0.25, 0.3) is 17.6 Å². The Hall–Kier alpha value is -4.01. The summed E-state index contributed by atoms with van der Waals surface area (Å²) in [6.45, 7) is 0.981. The normalized spacial score (nSPS) is 14.0. The molecule has 0 radical (unpaired) electrons. The van der Waals surface area contributed by atoms with E-state index in [1.165, 1.54) is 42.2 Å². The van der Waals surface area contributed by atoms with Gasteiger partial charge in [-0.1, -0.05) is 12.1 Å². The molecule has 1 aromatic heterocycles. The summed E-state index contributed by atoms with van der Waals surface area (Å²) in [5, 5.41) is 0.474. The number of piperazine rings is 1. The van der Waals surface area contributed by atoms with Crippen molar-refractivity contribution in [2.75, 3.05) is 33.7 Å². The van der Waals surface area contributed by atoms with Crippen LogP contribution in [0.15, 0.2) is 48.7 Å². The fraction of sp³-hybridized carbons (Fsp3) is 0.250. The van der Waals surface area contributed by atoms with Crippen LogP contribution in [0.1, 0.15) is 26.3 Å². The van der Waals surface area contributed by atoms with Crippen LogP contribution in [0.3, 0.4) is 0 Å². The van der Waals surface area contributed by atoms with Crippen molar-refractivity contribution < 1.29 is 23.6 Å². The molecule has 0 saturated carbocycles. The summed E-state index contributed by atoms with van der Waals surface area (Å²) >= 11 is 0. The van der Waals surface area contributed by atoms with Gasteiger partial charge in [0, 0.05) is 56.4 Å². The molecule has 3 amide bonds. The number of ketones is 1. The molecule has 0 unspecified atom stereocenters. The van der Waals surface area contributed by atoms with E-state index >= 15 is 0 Å². The third-order valence-corrected chi connectivity index (χ3v) is 5.67. The summed E-state index contributed by atoms with van der Waals surface area (Å²) in [7, 11) is 2.99. The van der Waals surface area contributed by atoms with Gasteiger partial charge in [0.05, 0.1) is 5.56 Å². The Morgan fingerprint density at radius 1 is 1.06 bits per heavy atom. The van der Waals surface area contributed by atoms with Crippen molar-refractivity contribution in [3.8, 4) is 0 Å². The van der Waals surface area contributed by atoms with Crippen LogP contribution in [0.5, 0.6) is 0 Å². The highest BCUT2D eigenvalue weighted by Crippen LogP contribution is 2.22. The number of amides is 3. The lowest BCUT2D eigenvalue weighted by atomic mass is 10.0. The van der Waals surface area contributed by atoms with Crippen molar-refractivity contribution in [3.63, 3.8) is 0 Å². The monoisotopic (exact) mass is 450 g/mol. The largest absolute Gasteiger partial charge is 0.360 e. The Kier molecular flexibility index (Phi) is 5.95. The third-order valence-electron chi connectivity index (χ3n) is 5.67. The molecule has 0 atom stereocenters. The highest BCUT2D eigenvalue weighted by atomic mass is 19.1. The number of aromatic nitrogens is 1. The molecule has 1 aliphatic rings. The summed E-state index contributed by atoms with van der Waals surface area (Å²) < 4.78 is 13.1. The molecule has 1 N–H and O–H groups in total. The average molecular weight is 450 g/mol. The van der Waals surface area contributed by atoms with Gasteiger partial charge >= 0.3 is 0 Å². The summed E-state index contributed by atoms with van der Waals surface area (Å²) in [5.41, 5.74) is 1.96. The van der Waals surface area contributed by atoms with E-state index in [1.807, 2.05) is 0 Å². The molecule has 33 heavy (non-hydrogen) atoms. The molecule has 2 heterocycles. The van der Waals surface area contributed by atoms with Gasteiger partial charge in [-0.05, 0) is 35.9 Å². The van der Waals surface area contributed by atoms with E-state index in [0.717, 1.165) is 5.56 Å². The number of hydrogen-bond acceptors (Lipinski definition) is 4. The highest BCUT2D eigenvalue weighted by Gasteiger charge is 2.28. The number of hydrogen-bond donors (Lipinski definition) is 1. The van der Waals surface area contributed by atoms with Gasteiger partial charge in [0.2, 0.25) is 5.91 Å². The molecule has 0 spiro atoms. The van der Waals surface area contributed by atoms with Gasteiger partial charge in [-0.25, -0.2) is 4.39 Å². The van der Waals surface area contributed by atoms with Crippen molar-refractivity contribution >= 4 is 34.4 Å². The molecule has 1 fully saturated rings. The van der Waals surface area contributed by atoms with Crippen LogP contribution in [-0.2, 0) is 16.1 Å². The van der Waals surface area contributed by atoms with Gasteiger partial charge in [-0.3, -0.25) is 19.2 Å². The number of likely N-dealkylation sites (N-methyl/N-ethyl adjacent to an activating group) is 1. The molecule has 0 bridgehead atoms. The second kappa shape index (κ2) is 8.85. The Morgan fingerprint density at radius 3 is 2.45 bits per heavy atom. The van der Waals surface area contributed by atoms with Crippen molar-refractivity contribution in [1.82, 2.24) is 19.7 Å². The van der Waals surface area contributed by atoms with Gasteiger partial charge in [-0.2, -0.15) is 0 Å². The Labute approximate surface area is 189 Å². The first-order chi connectivity index (χ1) is 15.7. The third kappa shape index (κ3) is 4.48. The lowest BCUT2D eigenvalue weighted by Gasteiger charge is -2.34. The molecule has 8 nitrogen and oxygen atoms in total. The van der Waals surface area contributed by atoms with Gasteiger partial charge in [0.1, 0.15) is 12.4 Å². The molecule has 170 valence electrons. The Bertz CT molecular complexity index is 1250. The molecule has 1 saturated heterocycles. The first-order valence-corrected chi connectivity index (χ1v) is 10.4. The van der Waals surface area contributed by atoms with Crippen LogP contribution >= 0.6 is 0 Å². The number of nitrogens with one attached hydrogen (secondary N) is 1. The molecule has 3 aromatic rings. The van der Waals surface area contributed by atoms with E-state index in [4.69, 9.17) is 0 Å². The van der Waals surface area contributed by atoms with E-state index in [2.05, 4.69) is 4.98 Å². The number of Topliss-reactive ketones (excluding diaryl/α,β-unsaturated/α-hetero) is 1. The summed E-state index contributed by atoms with van der Waals surface area (Å²) in [6, 6.07) is 10.8. The molecule has 9 heteroatoms. The number of aromatic amines is 1. The van der Waals surface area contributed by atoms with E-state index < -0.39 is 11.7 Å². The zero-order valence-electron chi connectivity index (χ0n) is 18.3. The second-order valence-electron chi connectivity index (χ2n) is 8.16. The number of H-pyrrole nitrogens is 1. The maximum Gasteiger partial charge on any atom is 0.294 e. The van der Waals surface area contributed by atoms with Crippen LogP contribution < -0.4 is 0 Å². The number of benzene rings is 2. The smallest absolute Gasteiger partial charge is 0.294 e. The number of nitrogens with zero attached hydrogens (tertiary/aromatic N) is 3. The fourth-order valence-corrected chi connectivity index (χ4v) is 3.80. The fourth-order valence-electron chi connectivity index (χ4n) is 3.80. The molecule has 2 aromatic carbocycles. The van der Waals surface area contributed by atoms with E-state index in [-0.39, 0.29) is 29.7 Å². The van der Waals surface area contributed by atoms with Crippen LogP contribution in [0, 0.1) is 5.82 Å². The number of carbonyl (C=O) groups excluding carboxylic acids is 4. The quantitative estimate of drug-likeness (QED) is 0.476. The van der Waals surface area contributed by atoms with Crippen LogP contribution in [0.2, 0.25) is 0 Å². The number of carbonyl (C=O) groups is 4. The van der Waals surface area contributed by atoms with Gasteiger partial charge < -0.3 is 19.7 Å². The SMILES string of the molecule is CN(C)C(=O)C(=O)c1c[nH]c2ccc(C(=O)N3CCN(Cc4ccc(F)cc4)C(=O)C3)cc12. The van der Waals surface area contributed by atoms with E-state index in [0.29, 0.717) is 36.1 Å². The minimum absolute atomic E-state index is 0.0733. The van der Waals surface area contributed by atoms with E-state index in [1.54, 1.807) is 35.2 Å². The number of halogens is 1. The topological polar surface area (TPSA) is 93.8 Å². The highest BCUT2D eigenvalue weighted by molar-refractivity contribution is 6.44. The van der Waals surface area contributed by atoms with Gasteiger partial charge in [0.15, 0.2) is 0 Å². The summed E-state index contributed by atoms with van der Waals surface area (Å²) in [4.78, 5) is 57.6. The minimum atomic E-state index is -0.666. The first kappa shape index (κ1) is 22.2. The van der Waals surface area contributed by atoms with E-state index in [9.17, 15) is 23.6 Å². The number of rotatable bonds is 5. The predicted octanol–water partition coefficient (Wildman–Crippen LogP) is 2.06. The lowest BCUT2D eigenvalue weighted by Crippen LogP contribution is -2.51. The molecule has 1 aliphatic heterocycles. The Balaban J connectivity index is 1.49. The zero-order valence-corrected chi connectivity index (χ0v) is 18.3. The summed E-state index contributed by atoms with van der Waals surface area (Å²) in [5.74, 6) is -2.19. The van der Waals surface area contributed by atoms with Crippen molar-refractivity contribution in [1.29, 1.82) is 0 Å². The van der Waals surface area contributed by atoms with Gasteiger partial charge in [-0.15, -0.1) is 0 Å². The average Bonchev–Trinajstić information content (AvgIpc) is 3.23. The first-order valence-electron chi connectivity index (χ1n) is 10.4. The standard InChI is InChI=1S/C24H23FN4O4/c1-27(2)24(33)22(31)19-12-26-20-8-5-16(11-18(19)20)23(32)29-10-9-28(21(30)14-29)13-15-3-6-17(25)7-4-15/h3-8,11-12,26H,9-10,13-14H2,1-2H3. The van der Waals surface area contributed by atoms with Crippen molar-refractivity contribution in [3.05, 3.63) is 71.2 Å². The van der Waals surface area contributed by atoms with Crippen LogP contribution in [-0.4, -0.2) is 76.9 Å². The molecular formula is C24H23FN4O4. The van der Waals surface area contributed by atoms with Crippen molar-refractivity contribution in [2.45, 2.75) is 6.54 Å². The number of fused-ring (bicyclic) bond motifs is 1. The van der Waals surface area contributed by atoms with Crippen LogP contribution in [0.25, 0.3) is 10.9 Å². The summed E-state index contributed by atoms with van der Waals surface area (Å²) in [6.07, 6.45) is 1.46. The molecule has 4 rings (SSSR count). The minimum Gasteiger partial charge on any atom is -0.360 e. The van der Waals surface area contributed by atoms with Crippen LogP contribution in [0.4, 0.5) is 4.39 Å². The lowest BCUT2D eigenvalue weighted by molar-refractivity contribution is -0.135. The van der Waals surface area contributed by atoms with Crippen molar-refractivity contribution in [2.24, 2.45) is 0 Å². The predicted molar refractivity (Wildman–Crippen MR) is 119 cm³/mol.